The molecular formula is C6H10N2S. The van der Waals surface area contributed by atoms with E-state index in [1.54, 1.807) is 12.1 Å². The van der Waals surface area contributed by atoms with Crippen molar-refractivity contribution >= 4 is 12.1 Å². The van der Waals surface area contributed by atoms with Gasteiger partial charge in [0.15, 0.2) is 0 Å². The zero-order valence-corrected chi connectivity index (χ0v) is 6.24. The average Bonchev–Trinajstić information content (AvgIpc) is 1.88. The van der Waals surface area contributed by atoms with Crippen LogP contribution >= 0.6 is 12.1 Å². The van der Waals surface area contributed by atoms with E-state index in [2.05, 4.69) is 14.9 Å². The summed E-state index contributed by atoms with van der Waals surface area (Å²) in [6.07, 6.45) is 5.24. The van der Waals surface area contributed by atoms with E-state index >= 15 is 0 Å². The van der Waals surface area contributed by atoms with E-state index in [1.165, 1.54) is 0 Å². The second-order valence-electron chi connectivity index (χ2n) is 2.11. The Hall–Kier alpha value is -0.170. The van der Waals surface area contributed by atoms with Crippen LogP contribution in [0.3, 0.4) is 0 Å². The molecule has 0 aromatic heterocycles. The summed E-state index contributed by atoms with van der Waals surface area (Å²) in [5, 5.41) is 0. The molecule has 1 N–H and O–H groups in total. The minimum atomic E-state index is 0.385. The van der Waals surface area contributed by atoms with Crippen molar-refractivity contribution in [2.45, 2.75) is 0 Å². The van der Waals surface area contributed by atoms with E-state index in [4.69, 9.17) is 6.42 Å². The third kappa shape index (κ3) is 1.90. The Morgan fingerprint density at radius 3 is 3.11 bits per heavy atom. The number of nitrogens with zero attached hydrogens (tertiary/aromatic N) is 1. The molecule has 0 radical (unpaired) electrons. The van der Waals surface area contributed by atoms with Gasteiger partial charge in [-0.05, 0) is 7.05 Å². The molecule has 0 aromatic rings. The van der Waals surface area contributed by atoms with Crippen LogP contribution in [0.1, 0.15) is 0 Å². The second-order valence-corrected chi connectivity index (χ2v) is 3.21. The molecule has 1 aliphatic rings. The normalized spacial score (nSPS) is 29.6. The number of rotatable bonds is 0. The molecule has 1 heterocycles. The van der Waals surface area contributed by atoms with Crippen LogP contribution in [0.5, 0.6) is 0 Å². The first-order valence-electron chi connectivity index (χ1n) is 2.90. The van der Waals surface area contributed by atoms with Crippen LogP contribution in [0.4, 0.5) is 0 Å². The SMILES string of the molecule is C#CC1CNSN(C)C1. The Morgan fingerprint density at radius 2 is 2.67 bits per heavy atom. The summed E-state index contributed by atoms with van der Waals surface area (Å²) in [6.45, 7) is 1.93. The lowest BCUT2D eigenvalue weighted by Crippen LogP contribution is -2.34. The molecule has 3 heteroatoms. The molecule has 1 atom stereocenters. The Kier molecular flexibility index (Phi) is 2.40. The van der Waals surface area contributed by atoms with Crippen molar-refractivity contribution in [2.75, 3.05) is 20.1 Å². The molecular weight excluding hydrogens is 132 g/mol. The quantitative estimate of drug-likeness (QED) is 0.388. The van der Waals surface area contributed by atoms with Gasteiger partial charge in [0, 0.05) is 31.1 Å². The van der Waals surface area contributed by atoms with Crippen molar-refractivity contribution in [1.29, 1.82) is 0 Å². The predicted molar refractivity (Wildman–Crippen MR) is 40.5 cm³/mol. The number of hydrogen-bond acceptors (Lipinski definition) is 3. The molecule has 1 aliphatic heterocycles. The van der Waals surface area contributed by atoms with Crippen molar-refractivity contribution in [1.82, 2.24) is 9.03 Å². The molecule has 9 heavy (non-hydrogen) atoms. The molecule has 1 rings (SSSR count). The molecule has 2 nitrogen and oxygen atoms in total. The number of hydrogen-bond donors (Lipinski definition) is 1. The minimum Gasteiger partial charge on any atom is -0.249 e. The van der Waals surface area contributed by atoms with Crippen molar-refractivity contribution < 1.29 is 0 Å². The lowest BCUT2D eigenvalue weighted by molar-refractivity contribution is 0.451. The number of terminal acetylenes is 1. The van der Waals surface area contributed by atoms with Crippen molar-refractivity contribution in [3.05, 3.63) is 0 Å². The maximum atomic E-state index is 5.24. The highest BCUT2D eigenvalue weighted by atomic mass is 32.2. The molecule has 0 saturated carbocycles. The van der Waals surface area contributed by atoms with E-state index in [1.807, 2.05) is 7.05 Å². The summed E-state index contributed by atoms with van der Waals surface area (Å²) < 4.78 is 5.24. The maximum Gasteiger partial charge on any atom is 0.0471 e. The van der Waals surface area contributed by atoms with Crippen LogP contribution in [0.15, 0.2) is 0 Å². The first kappa shape index (κ1) is 6.94. The van der Waals surface area contributed by atoms with Gasteiger partial charge in [-0.15, -0.1) is 12.3 Å². The van der Waals surface area contributed by atoms with Gasteiger partial charge < -0.3 is 0 Å². The van der Waals surface area contributed by atoms with Gasteiger partial charge in [0.05, 0.1) is 0 Å². The fourth-order valence-electron chi connectivity index (χ4n) is 0.772. The Morgan fingerprint density at radius 1 is 1.89 bits per heavy atom. The van der Waals surface area contributed by atoms with Gasteiger partial charge in [-0.3, -0.25) is 0 Å². The Balaban J connectivity index is 2.34. The van der Waals surface area contributed by atoms with Crippen LogP contribution in [0.2, 0.25) is 0 Å². The highest BCUT2D eigenvalue weighted by Crippen LogP contribution is 2.11. The summed E-state index contributed by atoms with van der Waals surface area (Å²) in [7, 11) is 2.03. The Labute approximate surface area is 60.3 Å². The first-order chi connectivity index (χ1) is 4.33. The van der Waals surface area contributed by atoms with Crippen LogP contribution in [0.25, 0.3) is 0 Å². The lowest BCUT2D eigenvalue weighted by atomic mass is 10.1. The standard InChI is InChI=1S/C6H10N2S/c1-3-6-4-7-9-8(2)5-6/h1,6-7H,4-5H2,2H3. The fourth-order valence-corrected chi connectivity index (χ4v) is 1.52. The molecule has 1 fully saturated rings. The topological polar surface area (TPSA) is 15.3 Å². The highest BCUT2D eigenvalue weighted by Gasteiger charge is 2.13. The molecule has 50 valence electrons. The first-order valence-corrected chi connectivity index (χ1v) is 3.67. The lowest BCUT2D eigenvalue weighted by Gasteiger charge is -2.25. The summed E-state index contributed by atoms with van der Waals surface area (Å²) in [5.74, 6) is 3.10. The van der Waals surface area contributed by atoms with E-state index in [-0.39, 0.29) is 0 Å². The molecule has 0 amide bonds. The van der Waals surface area contributed by atoms with Crippen molar-refractivity contribution in [3.63, 3.8) is 0 Å². The molecule has 0 bridgehead atoms. The van der Waals surface area contributed by atoms with Crippen molar-refractivity contribution in [3.8, 4) is 12.3 Å². The van der Waals surface area contributed by atoms with Gasteiger partial charge in [0.25, 0.3) is 0 Å². The monoisotopic (exact) mass is 142 g/mol. The van der Waals surface area contributed by atoms with Gasteiger partial charge >= 0.3 is 0 Å². The van der Waals surface area contributed by atoms with Crippen LogP contribution < -0.4 is 4.72 Å². The molecule has 0 aromatic carbocycles. The number of nitrogens with one attached hydrogen (secondary N) is 1. The summed E-state index contributed by atoms with van der Waals surface area (Å²) in [4.78, 5) is 0. The Bertz CT molecular complexity index is 130. The predicted octanol–water partition coefficient (Wildman–Crippen LogP) is 0.334. The van der Waals surface area contributed by atoms with Crippen molar-refractivity contribution in [2.24, 2.45) is 5.92 Å². The van der Waals surface area contributed by atoms with E-state index < -0.39 is 0 Å². The average molecular weight is 142 g/mol. The van der Waals surface area contributed by atoms with Gasteiger partial charge in [-0.2, -0.15) is 0 Å². The smallest absolute Gasteiger partial charge is 0.0471 e. The largest absolute Gasteiger partial charge is 0.249 e. The van der Waals surface area contributed by atoms with E-state index in [0.29, 0.717) is 5.92 Å². The van der Waals surface area contributed by atoms with Crippen LogP contribution in [-0.4, -0.2) is 24.4 Å². The maximum absolute atomic E-state index is 5.24. The van der Waals surface area contributed by atoms with Crippen LogP contribution in [0, 0.1) is 18.3 Å². The molecule has 1 unspecified atom stereocenters. The zero-order chi connectivity index (χ0) is 6.69. The fraction of sp³-hybridized carbons (Fsp3) is 0.667. The van der Waals surface area contributed by atoms with Gasteiger partial charge in [0.1, 0.15) is 0 Å². The summed E-state index contributed by atoms with van der Waals surface area (Å²) >= 11 is 1.62. The third-order valence-corrected chi connectivity index (χ3v) is 2.02. The van der Waals surface area contributed by atoms with Gasteiger partial charge in [-0.25, -0.2) is 9.03 Å². The van der Waals surface area contributed by atoms with Gasteiger partial charge in [0.2, 0.25) is 0 Å². The molecule has 0 aliphatic carbocycles. The highest BCUT2D eigenvalue weighted by molar-refractivity contribution is 7.95. The van der Waals surface area contributed by atoms with Gasteiger partial charge in [-0.1, -0.05) is 0 Å². The molecule has 0 spiro atoms. The third-order valence-electron chi connectivity index (χ3n) is 1.26. The summed E-state index contributed by atoms with van der Waals surface area (Å²) in [6, 6.07) is 0. The zero-order valence-electron chi connectivity index (χ0n) is 5.42. The minimum absolute atomic E-state index is 0.385. The summed E-state index contributed by atoms with van der Waals surface area (Å²) in [5.41, 5.74) is 0. The second kappa shape index (κ2) is 3.11. The van der Waals surface area contributed by atoms with Crippen LogP contribution in [-0.2, 0) is 0 Å². The van der Waals surface area contributed by atoms with E-state index in [0.717, 1.165) is 13.1 Å². The van der Waals surface area contributed by atoms with E-state index in [9.17, 15) is 0 Å². The molecule has 1 saturated heterocycles.